The second kappa shape index (κ2) is 5.96. The van der Waals surface area contributed by atoms with Crippen LogP contribution in [0, 0.1) is 6.92 Å². The molecule has 3 heterocycles. The molecule has 0 aliphatic carbocycles. The molecule has 0 aromatic carbocycles. The molecule has 3 rings (SSSR count). The van der Waals surface area contributed by atoms with E-state index >= 15 is 0 Å². The summed E-state index contributed by atoms with van der Waals surface area (Å²) in [6.45, 7) is 6.00. The van der Waals surface area contributed by atoms with E-state index in [-0.39, 0.29) is 0 Å². The van der Waals surface area contributed by atoms with Gasteiger partial charge in [-0.2, -0.15) is 0 Å². The Morgan fingerprint density at radius 3 is 2.90 bits per heavy atom. The van der Waals surface area contributed by atoms with Crippen molar-refractivity contribution in [3.8, 4) is 11.4 Å². The van der Waals surface area contributed by atoms with Crippen LogP contribution in [-0.4, -0.2) is 41.1 Å². The zero-order valence-electron chi connectivity index (χ0n) is 11.7. The first-order valence-electron chi connectivity index (χ1n) is 7.06. The van der Waals surface area contributed by atoms with Crippen LogP contribution in [0.15, 0.2) is 30.5 Å². The van der Waals surface area contributed by atoms with Gasteiger partial charge in [0.25, 0.3) is 0 Å². The monoisotopic (exact) mass is 269 g/mol. The zero-order valence-corrected chi connectivity index (χ0v) is 11.7. The van der Waals surface area contributed by atoms with Crippen LogP contribution >= 0.6 is 0 Å². The molecule has 0 saturated carbocycles. The van der Waals surface area contributed by atoms with Gasteiger partial charge in [0.05, 0.1) is 11.4 Å². The highest BCUT2D eigenvalue weighted by Gasteiger charge is 2.14. The highest BCUT2D eigenvalue weighted by Crippen LogP contribution is 2.18. The van der Waals surface area contributed by atoms with E-state index in [4.69, 9.17) is 4.98 Å². The number of rotatable bonds is 2. The van der Waals surface area contributed by atoms with E-state index in [2.05, 4.69) is 20.2 Å². The minimum Gasteiger partial charge on any atom is -0.339 e. The average Bonchev–Trinajstić information content (AvgIpc) is 2.77. The Hall–Kier alpha value is -2.01. The Bertz CT molecular complexity index is 562. The molecular weight excluding hydrogens is 250 g/mol. The lowest BCUT2D eigenvalue weighted by Gasteiger charge is -2.20. The fourth-order valence-corrected chi connectivity index (χ4v) is 2.39. The third-order valence-corrected chi connectivity index (χ3v) is 3.39. The molecule has 104 valence electrons. The molecule has 2 aromatic heterocycles. The Morgan fingerprint density at radius 1 is 1.10 bits per heavy atom. The summed E-state index contributed by atoms with van der Waals surface area (Å²) >= 11 is 0. The van der Waals surface area contributed by atoms with Gasteiger partial charge in [-0.3, -0.25) is 4.98 Å². The molecule has 1 fully saturated rings. The molecule has 5 nitrogen and oxygen atoms in total. The normalized spacial score (nSPS) is 15.9. The van der Waals surface area contributed by atoms with E-state index in [0.717, 1.165) is 55.6 Å². The molecule has 1 N–H and O–H groups in total. The van der Waals surface area contributed by atoms with Gasteiger partial charge in [0.2, 0.25) is 5.95 Å². The molecule has 20 heavy (non-hydrogen) atoms. The van der Waals surface area contributed by atoms with Gasteiger partial charge in [-0.05, 0) is 38.1 Å². The third kappa shape index (κ3) is 2.93. The van der Waals surface area contributed by atoms with E-state index < -0.39 is 0 Å². The summed E-state index contributed by atoms with van der Waals surface area (Å²) in [7, 11) is 0. The van der Waals surface area contributed by atoms with Gasteiger partial charge >= 0.3 is 0 Å². The van der Waals surface area contributed by atoms with E-state index in [9.17, 15) is 0 Å². The average molecular weight is 269 g/mol. The number of hydrogen-bond acceptors (Lipinski definition) is 5. The molecule has 1 aliphatic rings. The fraction of sp³-hybridized carbons (Fsp3) is 0.400. The van der Waals surface area contributed by atoms with Gasteiger partial charge in [0.15, 0.2) is 0 Å². The summed E-state index contributed by atoms with van der Waals surface area (Å²) in [4.78, 5) is 15.9. The second-order valence-corrected chi connectivity index (χ2v) is 5.00. The highest BCUT2D eigenvalue weighted by molar-refractivity contribution is 5.56. The first-order chi connectivity index (χ1) is 9.83. The van der Waals surface area contributed by atoms with E-state index in [1.165, 1.54) is 0 Å². The van der Waals surface area contributed by atoms with Crippen molar-refractivity contribution in [1.82, 2.24) is 20.3 Å². The van der Waals surface area contributed by atoms with Crippen LogP contribution in [-0.2, 0) is 0 Å². The summed E-state index contributed by atoms with van der Waals surface area (Å²) in [5.41, 5.74) is 2.77. The van der Waals surface area contributed by atoms with Crippen molar-refractivity contribution in [2.75, 3.05) is 31.1 Å². The van der Waals surface area contributed by atoms with Crippen molar-refractivity contribution in [3.05, 3.63) is 36.2 Å². The molecule has 1 aliphatic heterocycles. The molecule has 0 atom stereocenters. The minimum atomic E-state index is 0.814. The van der Waals surface area contributed by atoms with Crippen molar-refractivity contribution in [1.29, 1.82) is 0 Å². The number of anilines is 1. The Kier molecular flexibility index (Phi) is 3.87. The standard InChI is InChI=1S/C15H19N5/c1-12-11-14(13-5-2-3-7-17-13)19-15(18-12)20-9-4-6-16-8-10-20/h2-3,5,7,11,16H,4,6,8-10H2,1H3. The topological polar surface area (TPSA) is 53.9 Å². The molecule has 5 heteroatoms. The molecule has 0 spiro atoms. The minimum absolute atomic E-state index is 0.814. The van der Waals surface area contributed by atoms with Crippen molar-refractivity contribution in [2.45, 2.75) is 13.3 Å². The molecule has 1 saturated heterocycles. The summed E-state index contributed by atoms with van der Waals surface area (Å²) in [6.07, 6.45) is 2.92. The van der Waals surface area contributed by atoms with Crippen molar-refractivity contribution < 1.29 is 0 Å². The summed E-state index contributed by atoms with van der Waals surface area (Å²) < 4.78 is 0. The number of aryl methyl sites for hydroxylation is 1. The Morgan fingerprint density at radius 2 is 2.05 bits per heavy atom. The predicted octanol–water partition coefficient (Wildman–Crippen LogP) is 1.65. The largest absolute Gasteiger partial charge is 0.339 e. The number of nitrogens with zero attached hydrogens (tertiary/aromatic N) is 4. The van der Waals surface area contributed by atoms with Crippen molar-refractivity contribution in [3.63, 3.8) is 0 Å². The van der Waals surface area contributed by atoms with Crippen LogP contribution in [0.25, 0.3) is 11.4 Å². The SMILES string of the molecule is Cc1cc(-c2ccccn2)nc(N2CCCNCC2)n1. The van der Waals surface area contributed by atoms with Gasteiger partial charge in [-0.1, -0.05) is 6.07 Å². The Balaban J connectivity index is 1.94. The maximum atomic E-state index is 4.69. The number of aromatic nitrogens is 3. The van der Waals surface area contributed by atoms with Gasteiger partial charge in [0.1, 0.15) is 0 Å². The van der Waals surface area contributed by atoms with Crippen LogP contribution in [0.5, 0.6) is 0 Å². The predicted molar refractivity (Wildman–Crippen MR) is 79.7 cm³/mol. The van der Waals surface area contributed by atoms with Crippen LogP contribution in [0.1, 0.15) is 12.1 Å². The van der Waals surface area contributed by atoms with Crippen LogP contribution < -0.4 is 10.2 Å². The first kappa shape index (κ1) is 13.0. The zero-order chi connectivity index (χ0) is 13.8. The lowest BCUT2D eigenvalue weighted by Crippen LogP contribution is -2.29. The van der Waals surface area contributed by atoms with Gasteiger partial charge < -0.3 is 10.2 Å². The third-order valence-electron chi connectivity index (χ3n) is 3.39. The maximum absolute atomic E-state index is 4.69. The number of hydrogen-bond donors (Lipinski definition) is 1. The van der Waals surface area contributed by atoms with Crippen molar-refractivity contribution in [2.24, 2.45) is 0 Å². The van der Waals surface area contributed by atoms with Gasteiger partial charge in [0, 0.05) is 31.5 Å². The van der Waals surface area contributed by atoms with E-state index in [1.807, 2.05) is 31.2 Å². The molecule has 0 bridgehead atoms. The number of nitrogens with one attached hydrogen (secondary N) is 1. The maximum Gasteiger partial charge on any atom is 0.226 e. The summed E-state index contributed by atoms with van der Waals surface area (Å²) in [5.74, 6) is 0.814. The lowest BCUT2D eigenvalue weighted by atomic mass is 10.2. The lowest BCUT2D eigenvalue weighted by molar-refractivity contribution is 0.724. The number of pyridine rings is 1. The summed E-state index contributed by atoms with van der Waals surface area (Å²) in [6, 6.07) is 7.87. The van der Waals surface area contributed by atoms with E-state index in [1.54, 1.807) is 6.20 Å². The van der Waals surface area contributed by atoms with E-state index in [0.29, 0.717) is 0 Å². The second-order valence-electron chi connectivity index (χ2n) is 5.00. The molecule has 0 amide bonds. The Labute approximate surface area is 119 Å². The van der Waals surface area contributed by atoms with Gasteiger partial charge in [-0.15, -0.1) is 0 Å². The van der Waals surface area contributed by atoms with Crippen LogP contribution in [0.4, 0.5) is 5.95 Å². The van der Waals surface area contributed by atoms with Crippen LogP contribution in [0.3, 0.4) is 0 Å². The molecule has 0 radical (unpaired) electrons. The fourth-order valence-electron chi connectivity index (χ4n) is 2.39. The highest BCUT2D eigenvalue weighted by atomic mass is 15.3. The summed E-state index contributed by atoms with van der Waals surface area (Å²) in [5, 5.41) is 3.40. The first-order valence-corrected chi connectivity index (χ1v) is 7.06. The quantitative estimate of drug-likeness (QED) is 0.898. The van der Waals surface area contributed by atoms with Gasteiger partial charge in [-0.25, -0.2) is 9.97 Å². The van der Waals surface area contributed by atoms with Crippen molar-refractivity contribution >= 4 is 5.95 Å². The van der Waals surface area contributed by atoms with Crippen LogP contribution in [0.2, 0.25) is 0 Å². The molecule has 2 aromatic rings. The smallest absolute Gasteiger partial charge is 0.226 e. The molecule has 0 unspecified atom stereocenters. The molecular formula is C15H19N5.